The second-order valence-electron chi connectivity index (χ2n) is 5.08. The van der Waals surface area contributed by atoms with Crippen LogP contribution in [-0.2, 0) is 9.32 Å². The monoisotopic (exact) mass is 275 g/mol. The van der Waals surface area contributed by atoms with Gasteiger partial charge < -0.3 is 0 Å². The van der Waals surface area contributed by atoms with Crippen molar-refractivity contribution in [2.75, 3.05) is 60.4 Å². The Labute approximate surface area is 110 Å². The van der Waals surface area contributed by atoms with E-state index in [0.717, 1.165) is 39.3 Å². The molecule has 0 amide bonds. The molecule has 3 rings (SSSR count). The molecule has 0 N–H and O–H groups in total. The number of hydrogen-bond donors (Lipinski definition) is 0. The van der Waals surface area contributed by atoms with E-state index in [9.17, 15) is 4.79 Å². The van der Waals surface area contributed by atoms with Crippen molar-refractivity contribution in [2.45, 2.75) is 6.92 Å². The largest absolute Gasteiger partial charge is 0.421 e. The maximum Gasteiger partial charge on any atom is 0.421 e. The first-order valence-corrected chi connectivity index (χ1v) is 7.99. The molecule has 18 heavy (non-hydrogen) atoms. The molecule has 3 saturated heterocycles. The van der Waals surface area contributed by atoms with Gasteiger partial charge in [-0.25, -0.2) is 4.79 Å². The molecule has 3 fully saturated rings. The Morgan fingerprint density at radius 2 is 1.28 bits per heavy atom. The van der Waals surface area contributed by atoms with Crippen LogP contribution in [0.15, 0.2) is 0 Å². The molecule has 0 aliphatic carbocycles. The van der Waals surface area contributed by atoms with Crippen LogP contribution in [0, 0.1) is 0 Å². The third kappa shape index (κ3) is 2.40. The number of nitrogens with zero attached hydrogens (tertiary/aromatic N) is 4. The van der Waals surface area contributed by atoms with Crippen LogP contribution in [0.5, 0.6) is 0 Å². The first-order chi connectivity index (χ1) is 8.46. The van der Waals surface area contributed by atoms with Gasteiger partial charge in [-0.2, -0.15) is 0 Å². The Hall–Kier alpha value is -0.260. The number of carbonyl (C=O) groups excluding carboxylic acids is 1. The SMILES string of the molecule is CC(=O)O[P+]12N(C)CCN(CCN1C)CCN2C. The summed E-state index contributed by atoms with van der Waals surface area (Å²) >= 11 is 0. The van der Waals surface area contributed by atoms with Crippen LogP contribution in [0.25, 0.3) is 0 Å². The number of likely N-dealkylation sites (N-methyl/N-ethyl adjacent to an activating group) is 3. The number of hydrogen-bond acceptors (Lipinski definition) is 6. The Morgan fingerprint density at radius 3 is 1.61 bits per heavy atom. The minimum absolute atomic E-state index is 0.188. The first-order valence-electron chi connectivity index (χ1n) is 6.43. The molecular formula is C11H24N4O2P+. The lowest BCUT2D eigenvalue weighted by molar-refractivity contribution is -0.133. The summed E-state index contributed by atoms with van der Waals surface area (Å²) in [4.78, 5) is 14.0. The maximum atomic E-state index is 11.6. The van der Waals surface area contributed by atoms with Gasteiger partial charge in [-0.1, -0.05) is 0 Å². The van der Waals surface area contributed by atoms with E-state index in [1.165, 1.54) is 6.92 Å². The molecule has 6 nitrogen and oxygen atoms in total. The van der Waals surface area contributed by atoms with E-state index >= 15 is 0 Å². The van der Waals surface area contributed by atoms with E-state index in [1.54, 1.807) is 0 Å². The summed E-state index contributed by atoms with van der Waals surface area (Å²) in [5, 5.41) is 0. The van der Waals surface area contributed by atoms with E-state index in [0.29, 0.717) is 0 Å². The van der Waals surface area contributed by atoms with Gasteiger partial charge in [0.05, 0.1) is 19.6 Å². The lowest BCUT2D eigenvalue weighted by Crippen LogP contribution is -2.54. The van der Waals surface area contributed by atoms with Crippen molar-refractivity contribution in [3.05, 3.63) is 0 Å². The van der Waals surface area contributed by atoms with Crippen molar-refractivity contribution in [1.82, 2.24) is 18.9 Å². The molecule has 0 radical (unpaired) electrons. The zero-order chi connectivity index (χ0) is 13.3. The zero-order valence-electron chi connectivity index (χ0n) is 11.8. The average molecular weight is 275 g/mol. The fourth-order valence-electron chi connectivity index (χ4n) is 2.75. The predicted octanol–water partition coefficient (Wildman–Crippen LogP) is 0.352. The minimum atomic E-state index is -2.13. The lowest BCUT2D eigenvalue weighted by atomic mass is 10.4. The van der Waals surface area contributed by atoms with Crippen LogP contribution in [0.1, 0.15) is 6.92 Å². The summed E-state index contributed by atoms with van der Waals surface area (Å²) in [5.41, 5.74) is 0. The average Bonchev–Trinajstić information content (AvgIpc) is 2.30. The molecule has 3 heterocycles. The van der Waals surface area contributed by atoms with Gasteiger partial charge in [0, 0.05) is 47.7 Å². The highest BCUT2D eigenvalue weighted by Gasteiger charge is 2.58. The molecule has 0 aromatic heterocycles. The molecule has 0 atom stereocenters. The Balaban J connectivity index is 2.37. The molecule has 0 aromatic carbocycles. The van der Waals surface area contributed by atoms with Crippen molar-refractivity contribution in [3.63, 3.8) is 0 Å². The molecule has 104 valence electrons. The summed E-state index contributed by atoms with van der Waals surface area (Å²) < 4.78 is 12.6. The molecule has 0 saturated carbocycles. The topological polar surface area (TPSA) is 39.3 Å². The van der Waals surface area contributed by atoms with Crippen LogP contribution in [0.4, 0.5) is 0 Å². The molecule has 0 spiro atoms. The minimum Gasteiger partial charge on any atom is -0.299 e. The fraction of sp³-hybridized carbons (Fsp3) is 0.909. The van der Waals surface area contributed by atoms with Crippen molar-refractivity contribution in [1.29, 1.82) is 0 Å². The summed E-state index contributed by atoms with van der Waals surface area (Å²) in [6.45, 7) is 7.50. The predicted molar refractivity (Wildman–Crippen MR) is 73.0 cm³/mol. The van der Waals surface area contributed by atoms with Crippen molar-refractivity contribution >= 4 is 13.9 Å². The van der Waals surface area contributed by atoms with E-state index in [2.05, 4.69) is 40.1 Å². The first kappa shape index (κ1) is 14.2. The van der Waals surface area contributed by atoms with Crippen molar-refractivity contribution in [3.8, 4) is 0 Å². The van der Waals surface area contributed by atoms with E-state index < -0.39 is 7.94 Å². The van der Waals surface area contributed by atoms with Crippen molar-refractivity contribution < 1.29 is 9.32 Å². The summed E-state index contributed by atoms with van der Waals surface area (Å²) in [6, 6.07) is 0. The standard InChI is InChI=1S/C11H24N4O2P/c1-11(16)17-18-12(2)5-8-15(9-6-13(18)3)10-7-14(18)4/h5-10H2,1-4H3/q+1. The third-order valence-electron chi connectivity index (χ3n) is 3.80. The Bertz CT molecular complexity index is 292. The van der Waals surface area contributed by atoms with Gasteiger partial charge in [-0.3, -0.25) is 9.42 Å². The van der Waals surface area contributed by atoms with Gasteiger partial charge in [0.1, 0.15) is 0 Å². The molecule has 0 aromatic rings. The Morgan fingerprint density at radius 1 is 0.889 bits per heavy atom. The summed E-state index contributed by atoms with van der Waals surface area (Å²) in [5.74, 6) is -0.188. The highest BCUT2D eigenvalue weighted by molar-refractivity contribution is 7.64. The van der Waals surface area contributed by atoms with Crippen molar-refractivity contribution in [2.24, 2.45) is 0 Å². The Kier molecular flexibility index (Phi) is 4.24. The second kappa shape index (κ2) is 5.39. The van der Waals surface area contributed by atoms with Gasteiger partial charge in [0.2, 0.25) is 0 Å². The third-order valence-corrected chi connectivity index (χ3v) is 7.58. The summed E-state index contributed by atoms with van der Waals surface area (Å²) in [6.07, 6.45) is 0. The highest BCUT2D eigenvalue weighted by atomic mass is 31.2. The van der Waals surface area contributed by atoms with E-state index in [1.807, 2.05) is 0 Å². The molecule has 2 bridgehead atoms. The fourth-order valence-corrected chi connectivity index (χ4v) is 6.13. The maximum absolute atomic E-state index is 11.6. The van der Waals surface area contributed by atoms with Gasteiger partial charge in [-0.05, 0) is 0 Å². The van der Waals surface area contributed by atoms with Gasteiger partial charge in [-0.15, -0.1) is 14.0 Å². The lowest BCUT2D eigenvalue weighted by Gasteiger charge is -2.45. The van der Waals surface area contributed by atoms with Crippen LogP contribution in [-0.4, -0.2) is 85.3 Å². The molecular weight excluding hydrogens is 251 g/mol. The van der Waals surface area contributed by atoms with Gasteiger partial charge in [0.25, 0.3) is 0 Å². The molecule has 0 unspecified atom stereocenters. The highest BCUT2D eigenvalue weighted by Crippen LogP contribution is 2.67. The molecule has 3 aliphatic rings. The van der Waals surface area contributed by atoms with Gasteiger partial charge in [0.15, 0.2) is 0 Å². The smallest absolute Gasteiger partial charge is 0.299 e. The quantitative estimate of drug-likeness (QED) is 0.643. The van der Waals surface area contributed by atoms with Crippen LogP contribution >= 0.6 is 7.94 Å². The molecule has 3 aliphatic heterocycles. The van der Waals surface area contributed by atoms with E-state index in [4.69, 9.17) is 4.52 Å². The number of carbonyl (C=O) groups is 1. The van der Waals surface area contributed by atoms with Crippen LogP contribution in [0.3, 0.4) is 0 Å². The van der Waals surface area contributed by atoms with Gasteiger partial charge >= 0.3 is 13.9 Å². The van der Waals surface area contributed by atoms with E-state index in [-0.39, 0.29) is 5.97 Å². The number of rotatable bonds is 1. The second-order valence-corrected chi connectivity index (χ2v) is 8.34. The number of fused-ring (bicyclic) bond motifs is 6. The van der Waals surface area contributed by atoms with Crippen LogP contribution < -0.4 is 0 Å². The normalized spacial score (nSPS) is 35.9. The zero-order valence-corrected chi connectivity index (χ0v) is 12.7. The van der Waals surface area contributed by atoms with Crippen LogP contribution in [0.2, 0.25) is 0 Å². The molecule has 7 heteroatoms. The summed E-state index contributed by atoms with van der Waals surface area (Å²) in [7, 11) is 4.07.